The van der Waals surface area contributed by atoms with Crippen LogP contribution in [0.1, 0.15) is 308 Å². The summed E-state index contributed by atoms with van der Waals surface area (Å²) >= 11 is 14.3. The van der Waals surface area contributed by atoms with Crippen molar-refractivity contribution in [2.24, 2.45) is 0 Å². The molecule has 2 rings (SSSR count). The maximum absolute atomic E-state index is 12.1. The first-order chi connectivity index (χ1) is 39.2. The van der Waals surface area contributed by atoms with E-state index in [0.717, 1.165) is 63.2 Å². The lowest BCUT2D eigenvalue weighted by Gasteiger charge is -2.11. The Hall–Kier alpha value is 1.10. The molecule has 2 aromatic carbocycles. The van der Waals surface area contributed by atoms with Crippen LogP contribution in [0.2, 0.25) is 0 Å². The van der Waals surface area contributed by atoms with Crippen LogP contribution in [0, 0.1) is 21.4 Å². The number of carbonyl (C=O) groups excluding carboxylic acids is 2. The topological polar surface area (TPSA) is 71.1 Å². The fraction of sp³-hybridized carbons (Fsp3) is 0.765. The summed E-state index contributed by atoms with van der Waals surface area (Å²) in [6.07, 6.45) is 65.8. The average molecular weight is 1790 g/mol. The molecule has 0 spiro atoms. The Kier molecular flexibility index (Phi) is 55.8. The second-order valence-corrected chi connectivity index (χ2v) is 29.8. The van der Waals surface area contributed by atoms with E-state index in [1.54, 1.807) is 12.2 Å². The van der Waals surface area contributed by atoms with Gasteiger partial charge >= 0.3 is 11.9 Å². The minimum atomic E-state index is -0.131. The van der Waals surface area contributed by atoms with Gasteiger partial charge in [0, 0.05) is 20.0 Å². The van der Waals surface area contributed by atoms with Crippen LogP contribution in [-0.2, 0) is 19.1 Å². The van der Waals surface area contributed by atoms with E-state index in [2.05, 4.69) is 160 Å². The lowest BCUT2D eigenvalue weighted by Crippen LogP contribution is -2.05. The minimum Gasteiger partial charge on any atom is -0.491 e. The van der Waals surface area contributed by atoms with Crippen LogP contribution < -0.4 is 9.47 Å². The molecule has 0 aliphatic rings. The van der Waals surface area contributed by atoms with Gasteiger partial charge in [-0.2, -0.15) is 0 Å². The molecule has 2 aromatic rings. The fourth-order valence-corrected chi connectivity index (χ4v) is 18.2. The van der Waals surface area contributed by atoms with E-state index in [-0.39, 0.29) is 25.2 Å². The van der Waals surface area contributed by atoms with Gasteiger partial charge in [-0.25, -0.2) is 0 Å². The number of carbonyl (C=O) groups is 2. The number of unbranched alkanes of at least 4 members (excludes halogenated alkanes) is 44. The summed E-state index contributed by atoms with van der Waals surface area (Å²) in [6.45, 7) is 2.17. The third kappa shape index (κ3) is 48.2. The number of ether oxygens (including phenoxy) is 4. The fourth-order valence-electron chi connectivity index (χ4n) is 10.4. The summed E-state index contributed by atoms with van der Waals surface area (Å²) in [5.74, 6) is 1.86. The zero-order chi connectivity index (χ0) is 57.6. The first kappa shape index (κ1) is 77.2. The highest BCUT2D eigenvalue weighted by Gasteiger charge is 2.10. The highest BCUT2D eigenvalue weighted by molar-refractivity contribution is 14.1. The minimum absolute atomic E-state index is 0.131. The normalized spacial score (nSPS) is 11.5. The van der Waals surface area contributed by atoms with Crippen molar-refractivity contribution in [3.05, 3.63) is 57.8 Å². The van der Waals surface area contributed by atoms with Crippen LogP contribution in [0.3, 0.4) is 0 Å². The molecule has 0 saturated carbocycles. The SMILES string of the molecule is O=C(CCCCCCCCCCCCCCCCCCCCCCCCCOc1c(I)cc(I)cc1I)OC/C=C\COC(=O)CCCCCCCCCCCCCCCCCCCCCCCCCOc1c(I)cc(I)cc1I. The highest BCUT2D eigenvalue weighted by atomic mass is 127. The van der Waals surface area contributed by atoms with E-state index in [4.69, 9.17) is 18.9 Å². The molecule has 0 bridgehead atoms. The lowest BCUT2D eigenvalue weighted by molar-refractivity contribution is -0.143. The molecule has 80 heavy (non-hydrogen) atoms. The average Bonchev–Trinajstić information content (AvgIpc) is 3.42. The van der Waals surface area contributed by atoms with Crippen LogP contribution in [0.5, 0.6) is 11.5 Å². The molecule has 0 aliphatic heterocycles. The van der Waals surface area contributed by atoms with Crippen molar-refractivity contribution in [1.29, 1.82) is 0 Å². The summed E-state index contributed by atoms with van der Waals surface area (Å²) in [5, 5.41) is 0. The van der Waals surface area contributed by atoms with Crippen LogP contribution in [0.4, 0.5) is 0 Å². The molecule has 0 fully saturated rings. The Morgan fingerprint density at radius 3 is 0.650 bits per heavy atom. The van der Waals surface area contributed by atoms with Crippen molar-refractivity contribution < 1.29 is 28.5 Å². The van der Waals surface area contributed by atoms with Crippen molar-refractivity contribution in [2.75, 3.05) is 26.4 Å². The van der Waals surface area contributed by atoms with Gasteiger partial charge in [0.05, 0.1) is 27.5 Å². The molecular weight excluding hydrogens is 1670 g/mol. The van der Waals surface area contributed by atoms with Gasteiger partial charge in [-0.05, 0) is 198 Å². The molecular formula is C68H110I6O6. The predicted octanol–water partition coefficient (Wildman–Crippen LogP) is 25.1. The lowest BCUT2D eigenvalue weighted by atomic mass is 10.0. The molecule has 0 aromatic heterocycles. The number of benzene rings is 2. The van der Waals surface area contributed by atoms with Crippen LogP contribution >= 0.6 is 136 Å². The largest absolute Gasteiger partial charge is 0.491 e. The second-order valence-electron chi connectivity index (χ2n) is 22.7. The molecule has 0 unspecified atom stereocenters. The summed E-state index contributed by atoms with van der Waals surface area (Å²) in [4.78, 5) is 24.2. The van der Waals surface area contributed by atoms with Crippen molar-refractivity contribution in [3.63, 3.8) is 0 Å². The van der Waals surface area contributed by atoms with E-state index in [1.807, 2.05) is 0 Å². The first-order valence-electron chi connectivity index (χ1n) is 32.7. The number of hydrogen-bond donors (Lipinski definition) is 0. The van der Waals surface area contributed by atoms with Gasteiger partial charge in [0.2, 0.25) is 0 Å². The second kappa shape index (κ2) is 57.8. The van der Waals surface area contributed by atoms with Gasteiger partial charge in [-0.15, -0.1) is 0 Å². The molecule has 0 radical (unpaired) electrons. The van der Waals surface area contributed by atoms with Gasteiger partial charge in [-0.1, -0.05) is 270 Å². The number of rotatable bonds is 58. The predicted molar refractivity (Wildman–Crippen MR) is 393 cm³/mol. The van der Waals surface area contributed by atoms with Crippen molar-refractivity contribution in [1.82, 2.24) is 0 Å². The maximum atomic E-state index is 12.1. The van der Waals surface area contributed by atoms with E-state index >= 15 is 0 Å². The Bertz CT molecular complexity index is 1640. The van der Waals surface area contributed by atoms with Gasteiger partial charge < -0.3 is 18.9 Å². The van der Waals surface area contributed by atoms with Gasteiger partial charge in [0.1, 0.15) is 24.7 Å². The zero-order valence-electron chi connectivity index (χ0n) is 50.0. The third-order valence-corrected chi connectivity index (χ3v) is 19.8. The molecule has 0 atom stereocenters. The number of halogens is 6. The van der Waals surface area contributed by atoms with Gasteiger partial charge in [0.25, 0.3) is 0 Å². The van der Waals surface area contributed by atoms with Crippen LogP contribution in [0.25, 0.3) is 0 Å². The molecule has 0 saturated heterocycles. The van der Waals surface area contributed by atoms with Crippen molar-refractivity contribution in [2.45, 2.75) is 308 Å². The van der Waals surface area contributed by atoms with Gasteiger partial charge in [0.15, 0.2) is 0 Å². The Morgan fingerprint density at radius 1 is 0.275 bits per heavy atom. The van der Waals surface area contributed by atoms with Crippen molar-refractivity contribution >= 4 is 147 Å². The van der Waals surface area contributed by atoms with E-state index in [0.29, 0.717) is 12.8 Å². The quantitative estimate of drug-likeness (QED) is 0.0284. The smallest absolute Gasteiger partial charge is 0.306 e. The standard InChI is InChI=1S/C68H110I6O6/c69-59-55-61(71)67(62(72)56-59)79-53-45-41-37-33-29-25-21-17-13-9-5-1-3-7-11-15-19-23-27-31-35-39-43-49-65(75)77-51-47-48-52-78-66(76)50-44-40-36-32-28-24-20-16-12-8-4-2-6-10-14-18-22-26-30-34-38-42-46-54-80-68-63(73)57-60(70)58-64(68)74/h47-48,55-58H,1-46,49-54H2/b48-47-. The first-order valence-corrected chi connectivity index (χ1v) is 39.2. The van der Waals surface area contributed by atoms with Gasteiger partial charge in [-0.3, -0.25) is 9.59 Å². The summed E-state index contributed by atoms with van der Waals surface area (Å²) < 4.78 is 30.3. The van der Waals surface area contributed by atoms with Crippen molar-refractivity contribution in [3.8, 4) is 11.5 Å². The molecule has 460 valence electrons. The van der Waals surface area contributed by atoms with E-state index in [9.17, 15) is 9.59 Å². The summed E-state index contributed by atoms with van der Waals surface area (Å²) in [6, 6.07) is 8.75. The molecule has 0 N–H and O–H groups in total. The van der Waals surface area contributed by atoms with E-state index < -0.39 is 0 Å². The summed E-state index contributed by atoms with van der Waals surface area (Å²) in [7, 11) is 0. The monoisotopic (exact) mass is 1780 g/mol. The number of hydrogen-bond acceptors (Lipinski definition) is 6. The van der Waals surface area contributed by atoms with E-state index in [1.165, 1.54) is 278 Å². The van der Waals surface area contributed by atoms with Crippen LogP contribution in [0.15, 0.2) is 36.4 Å². The molecule has 12 heteroatoms. The third-order valence-electron chi connectivity index (χ3n) is 15.3. The Balaban J connectivity index is 1.17. The molecule has 0 amide bonds. The summed E-state index contributed by atoms with van der Waals surface area (Å²) in [5.41, 5.74) is 0. The Labute approximate surface area is 573 Å². The molecule has 6 nitrogen and oxygen atoms in total. The number of esters is 2. The molecule has 0 heterocycles. The molecule has 0 aliphatic carbocycles. The zero-order valence-corrected chi connectivity index (χ0v) is 62.9. The highest BCUT2D eigenvalue weighted by Crippen LogP contribution is 2.31. The van der Waals surface area contributed by atoms with Crippen LogP contribution in [-0.4, -0.2) is 38.4 Å². The maximum Gasteiger partial charge on any atom is 0.306 e. The Morgan fingerprint density at radius 2 is 0.450 bits per heavy atom.